The van der Waals surface area contributed by atoms with Gasteiger partial charge in [0.1, 0.15) is 0 Å². The zero-order valence-electron chi connectivity index (χ0n) is 41.5. The quantitative estimate of drug-likeness (QED) is 0.181. The first-order valence-electron chi connectivity index (χ1n) is 22.1. The molecule has 57 heavy (non-hydrogen) atoms. The standard InChI is InChI=1S/4C14H21.Al/c4*1-13(2,3)11-8-7-9-12(10-11)14(4,5)6;/h4*8-10H,1-6H3;/q;;;;-1. The van der Waals surface area contributed by atoms with Crippen molar-refractivity contribution in [1.82, 2.24) is 0 Å². The van der Waals surface area contributed by atoms with Crippen LogP contribution in [0, 0.1) is 0 Å². The van der Waals surface area contributed by atoms with Crippen LogP contribution in [-0.4, -0.2) is 13.1 Å². The predicted molar refractivity (Wildman–Crippen MR) is 260 cm³/mol. The van der Waals surface area contributed by atoms with E-state index in [9.17, 15) is 0 Å². The summed E-state index contributed by atoms with van der Waals surface area (Å²) in [5, 5.41) is 0. The van der Waals surface area contributed by atoms with Crippen molar-refractivity contribution in [3.63, 3.8) is 0 Å². The highest BCUT2D eigenvalue weighted by Crippen LogP contribution is 2.36. The molecule has 0 spiro atoms. The molecule has 0 unspecified atom stereocenters. The van der Waals surface area contributed by atoms with Crippen LogP contribution >= 0.6 is 0 Å². The van der Waals surface area contributed by atoms with Gasteiger partial charge in [-0.25, -0.2) is 17.7 Å². The van der Waals surface area contributed by atoms with Crippen molar-refractivity contribution in [3.8, 4) is 0 Å². The minimum absolute atomic E-state index is 0.0296. The first-order chi connectivity index (χ1) is 25.3. The molecular formula is C56H84Al-. The first kappa shape index (κ1) is 47.1. The highest BCUT2D eigenvalue weighted by molar-refractivity contribution is 7.20. The molecule has 0 atom stereocenters. The molecule has 312 valence electrons. The van der Waals surface area contributed by atoms with Gasteiger partial charge in [0.05, 0.1) is 0 Å². The van der Waals surface area contributed by atoms with Gasteiger partial charge in [0.2, 0.25) is 0 Å². The second-order valence-corrected chi connectivity index (χ2v) is 30.6. The summed E-state index contributed by atoms with van der Waals surface area (Å²) in [6.45, 7) is 57.6. The second-order valence-electron chi connectivity index (χ2n) is 26.2. The van der Waals surface area contributed by atoms with E-state index >= 15 is 0 Å². The van der Waals surface area contributed by atoms with E-state index in [1.54, 1.807) is 0 Å². The summed E-state index contributed by atoms with van der Waals surface area (Å²) in [4.78, 5) is 0. The Hall–Kier alpha value is -2.59. The van der Waals surface area contributed by atoms with Crippen molar-refractivity contribution in [1.29, 1.82) is 0 Å². The molecule has 0 amide bonds. The van der Waals surface area contributed by atoms with Gasteiger partial charge in [-0.2, -0.15) is 0 Å². The van der Waals surface area contributed by atoms with Gasteiger partial charge in [0.25, 0.3) is 13.1 Å². The molecule has 0 bridgehead atoms. The fourth-order valence-electron chi connectivity index (χ4n) is 8.23. The molecule has 0 nitrogen and oxygen atoms in total. The van der Waals surface area contributed by atoms with Crippen molar-refractivity contribution >= 4 is 30.8 Å². The van der Waals surface area contributed by atoms with Crippen LogP contribution in [0.5, 0.6) is 0 Å². The molecule has 4 aromatic carbocycles. The van der Waals surface area contributed by atoms with Gasteiger partial charge in [0, 0.05) is 0 Å². The summed E-state index contributed by atoms with van der Waals surface area (Å²) in [6, 6.07) is 31.4. The van der Waals surface area contributed by atoms with Gasteiger partial charge in [-0.15, -0.1) is 0 Å². The Morgan fingerprint density at radius 3 is 0.386 bits per heavy atom. The second kappa shape index (κ2) is 14.8. The van der Waals surface area contributed by atoms with E-state index in [-0.39, 0.29) is 43.3 Å². The zero-order valence-corrected chi connectivity index (χ0v) is 42.7. The minimum atomic E-state index is -3.69. The Kier molecular flexibility index (Phi) is 12.3. The van der Waals surface area contributed by atoms with Gasteiger partial charge >= 0.3 is 0 Å². The summed E-state index contributed by atoms with van der Waals surface area (Å²) < 4.78 is 6.07. The van der Waals surface area contributed by atoms with Gasteiger partial charge in [0.15, 0.2) is 0 Å². The highest BCUT2D eigenvalue weighted by Gasteiger charge is 2.42. The van der Waals surface area contributed by atoms with E-state index in [0.717, 1.165) is 0 Å². The summed E-state index contributed by atoms with van der Waals surface area (Å²) in [7, 11) is 0. The van der Waals surface area contributed by atoms with Crippen LogP contribution in [0.25, 0.3) is 0 Å². The summed E-state index contributed by atoms with van der Waals surface area (Å²) in [6.07, 6.45) is 0. The maximum absolute atomic E-state index is 3.69. The molecule has 0 saturated heterocycles. The summed E-state index contributed by atoms with van der Waals surface area (Å²) in [5.41, 5.74) is 11.1. The van der Waals surface area contributed by atoms with Crippen molar-refractivity contribution in [2.45, 2.75) is 209 Å². The van der Waals surface area contributed by atoms with Crippen LogP contribution in [0.15, 0.2) is 72.8 Å². The van der Waals surface area contributed by atoms with Crippen LogP contribution in [-0.2, 0) is 43.3 Å². The topological polar surface area (TPSA) is 0 Å². The third-order valence-corrected chi connectivity index (χ3v) is 18.1. The molecular weight excluding hydrogens is 700 g/mol. The largest absolute Gasteiger partial charge is 0.267 e. The van der Waals surface area contributed by atoms with Crippen molar-refractivity contribution in [2.24, 2.45) is 0 Å². The molecule has 0 heterocycles. The molecule has 0 aromatic heterocycles. The van der Waals surface area contributed by atoms with E-state index in [4.69, 9.17) is 0 Å². The van der Waals surface area contributed by atoms with Gasteiger partial charge in [-0.3, -0.25) is 0 Å². The molecule has 0 aliphatic rings. The van der Waals surface area contributed by atoms with Crippen LogP contribution in [0.3, 0.4) is 0 Å². The lowest BCUT2D eigenvalue weighted by Crippen LogP contribution is -2.75. The maximum atomic E-state index is 2.67. The fraction of sp³-hybridized carbons (Fsp3) is 0.571. The Bertz CT molecular complexity index is 1640. The first-order valence-corrected chi connectivity index (χ1v) is 24.4. The minimum Gasteiger partial charge on any atom is -0.217 e. The van der Waals surface area contributed by atoms with Crippen molar-refractivity contribution in [3.05, 3.63) is 117 Å². The van der Waals surface area contributed by atoms with Crippen molar-refractivity contribution in [2.75, 3.05) is 0 Å². The van der Waals surface area contributed by atoms with E-state index in [0.29, 0.717) is 0 Å². The maximum Gasteiger partial charge on any atom is 0.267 e. The molecule has 4 aromatic rings. The monoisotopic (exact) mass is 784 g/mol. The van der Waals surface area contributed by atoms with Crippen molar-refractivity contribution < 1.29 is 0 Å². The predicted octanol–water partition coefficient (Wildman–Crippen LogP) is 13.4. The third-order valence-electron chi connectivity index (χ3n) is 12.7. The lowest BCUT2D eigenvalue weighted by atomic mass is 9.80. The Morgan fingerprint density at radius 2 is 0.298 bits per heavy atom. The van der Waals surface area contributed by atoms with Gasteiger partial charge in [-0.1, -0.05) is 239 Å². The average molecular weight is 784 g/mol. The molecule has 0 aliphatic carbocycles. The summed E-state index contributed by atoms with van der Waals surface area (Å²) >= 11 is -3.69. The lowest BCUT2D eigenvalue weighted by Gasteiger charge is -2.46. The van der Waals surface area contributed by atoms with Gasteiger partial charge < -0.3 is 0 Å². The Morgan fingerprint density at radius 1 is 0.193 bits per heavy atom. The molecule has 0 N–H and O–H groups in total. The molecule has 0 fully saturated rings. The van der Waals surface area contributed by atoms with E-state index < -0.39 is 13.1 Å². The Labute approximate surface area is 355 Å². The molecule has 0 radical (unpaired) electrons. The van der Waals surface area contributed by atoms with Crippen LogP contribution < -0.4 is 17.7 Å². The molecule has 1 heteroatoms. The van der Waals surface area contributed by atoms with E-state index in [1.807, 2.05) is 0 Å². The Balaban J connectivity index is 2.62. The van der Waals surface area contributed by atoms with Crippen LogP contribution in [0.1, 0.15) is 211 Å². The third kappa shape index (κ3) is 10.2. The van der Waals surface area contributed by atoms with E-state index in [1.165, 1.54) is 62.2 Å². The summed E-state index contributed by atoms with van der Waals surface area (Å²) in [5.74, 6) is 0. The lowest BCUT2D eigenvalue weighted by molar-refractivity contribution is 0.569. The average Bonchev–Trinajstić information content (AvgIpc) is 3.01. The highest BCUT2D eigenvalue weighted by atomic mass is 27.2. The number of benzene rings is 4. The molecule has 0 aliphatic heterocycles. The van der Waals surface area contributed by atoms with Crippen LogP contribution in [0.4, 0.5) is 0 Å². The number of hydrogen-bond acceptors (Lipinski definition) is 0. The normalized spacial score (nSPS) is 14.3. The molecule has 0 saturated carbocycles. The number of rotatable bonds is 4. The van der Waals surface area contributed by atoms with Crippen LogP contribution in [0.2, 0.25) is 0 Å². The zero-order chi connectivity index (χ0) is 43.9. The molecule has 4 rings (SSSR count). The van der Waals surface area contributed by atoms with E-state index in [2.05, 4.69) is 239 Å². The smallest absolute Gasteiger partial charge is 0.217 e. The van der Waals surface area contributed by atoms with Gasteiger partial charge in [-0.05, 0) is 87.8 Å². The number of hydrogen-bond donors (Lipinski definition) is 0. The fourth-order valence-corrected chi connectivity index (χ4v) is 14.0. The SMILES string of the molecule is CC(C)(C)c1cc(C(C)(C)C)c[c]([Al-]([c]2cc(C(C)(C)C)cc(C(C)(C)C)c2)([c]2cc(C(C)(C)C)cc(C(C)(C)C)c2)[c]2cc(C(C)(C)C)cc(C(C)(C)C)c2)c1.